The molecule has 5 fully saturated rings. The van der Waals surface area contributed by atoms with Crippen LogP contribution in [0.5, 0.6) is 0 Å². The largest absolute Gasteiger partial charge is 0.394 e. The van der Waals surface area contributed by atoms with Crippen molar-refractivity contribution in [2.75, 3.05) is 6.61 Å². The molecule has 7 nitrogen and oxygen atoms in total. The Morgan fingerprint density at radius 2 is 1.56 bits per heavy atom. The van der Waals surface area contributed by atoms with Crippen molar-refractivity contribution >= 4 is 0 Å². The first kappa shape index (κ1) is 33.8. The monoisotopic (exact) mass is 606 g/mol. The number of allylic oxidation sites excluding steroid dienone is 2. The quantitative estimate of drug-likeness (QED) is 0.199. The molecule has 7 heteroatoms. The molecule has 4 saturated carbocycles. The van der Waals surface area contributed by atoms with Crippen molar-refractivity contribution in [1.29, 1.82) is 0 Å². The Balaban J connectivity index is 1.36. The number of ether oxygens (including phenoxy) is 2. The molecule has 248 valence electrons. The molecule has 0 aromatic heterocycles. The zero-order valence-electron chi connectivity index (χ0n) is 28.1. The van der Waals surface area contributed by atoms with Gasteiger partial charge in [0.15, 0.2) is 6.29 Å². The smallest absolute Gasteiger partial charge is 0.186 e. The second-order valence-corrected chi connectivity index (χ2v) is 17.0. The topological polar surface area (TPSA) is 120 Å². The predicted molar refractivity (Wildman–Crippen MR) is 167 cm³/mol. The Kier molecular flexibility index (Phi) is 9.37. The van der Waals surface area contributed by atoms with E-state index in [1.807, 2.05) is 0 Å². The molecule has 0 radical (unpaired) electrons. The van der Waals surface area contributed by atoms with Crippen LogP contribution in [0.25, 0.3) is 0 Å². The standard InChI is InChI=1S/C36H62O7/c1-20(2)10-9-11-21(3)22-12-16-36(8)28(22)23(38)18-26-34(6)15-14-27(33(4,5)25(34)13-17-35(26,36)7)43-32-31(41)30(40)29(39)24(19-37)42-32/h10,21-32,37-41H,9,11-19H2,1-8H3/t21-,22-,23-,24-,25+,26-,27+,28+,29-,30+,31-,32-,34+,35-,36-/m1/s1. The zero-order valence-corrected chi connectivity index (χ0v) is 28.1. The van der Waals surface area contributed by atoms with E-state index >= 15 is 0 Å². The van der Waals surface area contributed by atoms with Crippen molar-refractivity contribution in [1.82, 2.24) is 0 Å². The van der Waals surface area contributed by atoms with E-state index in [-0.39, 0.29) is 33.9 Å². The first-order valence-electron chi connectivity index (χ1n) is 17.3. The molecule has 5 aliphatic rings. The van der Waals surface area contributed by atoms with Gasteiger partial charge in [-0.25, -0.2) is 0 Å². The number of aliphatic hydroxyl groups is 5. The molecule has 0 spiro atoms. The van der Waals surface area contributed by atoms with Crippen molar-refractivity contribution in [2.45, 2.75) is 156 Å². The highest BCUT2D eigenvalue weighted by Crippen LogP contribution is 2.75. The molecule has 1 saturated heterocycles. The highest BCUT2D eigenvalue weighted by Gasteiger charge is 2.70. The normalized spacial score (nSPS) is 51.6. The number of rotatable bonds is 7. The summed E-state index contributed by atoms with van der Waals surface area (Å²) in [6, 6.07) is 0. The van der Waals surface area contributed by atoms with Crippen LogP contribution >= 0.6 is 0 Å². The predicted octanol–water partition coefficient (Wildman–Crippen LogP) is 5.21. The van der Waals surface area contributed by atoms with Crippen molar-refractivity contribution in [3.63, 3.8) is 0 Å². The van der Waals surface area contributed by atoms with Gasteiger partial charge >= 0.3 is 0 Å². The van der Waals surface area contributed by atoms with Gasteiger partial charge in [-0.15, -0.1) is 0 Å². The third kappa shape index (κ3) is 5.29. The van der Waals surface area contributed by atoms with E-state index in [1.165, 1.54) is 24.8 Å². The van der Waals surface area contributed by atoms with Crippen LogP contribution in [0.1, 0.15) is 113 Å². The van der Waals surface area contributed by atoms with Gasteiger partial charge in [-0.05, 0) is 123 Å². The van der Waals surface area contributed by atoms with Crippen LogP contribution in [0.4, 0.5) is 0 Å². The molecule has 0 unspecified atom stereocenters. The Morgan fingerprint density at radius 3 is 2.21 bits per heavy atom. The molecule has 1 heterocycles. The molecular weight excluding hydrogens is 544 g/mol. The van der Waals surface area contributed by atoms with E-state index in [2.05, 4.69) is 61.5 Å². The fourth-order valence-corrected chi connectivity index (χ4v) is 11.9. The van der Waals surface area contributed by atoms with Crippen LogP contribution in [0.2, 0.25) is 0 Å². The number of hydrogen-bond acceptors (Lipinski definition) is 7. The van der Waals surface area contributed by atoms with Gasteiger partial charge in [0, 0.05) is 0 Å². The average molecular weight is 607 g/mol. The molecule has 0 aromatic carbocycles. The molecule has 15 atom stereocenters. The highest BCUT2D eigenvalue weighted by atomic mass is 16.7. The second-order valence-electron chi connectivity index (χ2n) is 17.0. The minimum absolute atomic E-state index is 0.0495. The van der Waals surface area contributed by atoms with E-state index in [1.54, 1.807) is 0 Å². The summed E-state index contributed by atoms with van der Waals surface area (Å²) in [4.78, 5) is 0. The van der Waals surface area contributed by atoms with Gasteiger partial charge < -0.3 is 35.0 Å². The summed E-state index contributed by atoms with van der Waals surface area (Å²) in [5, 5.41) is 53.0. The molecule has 4 aliphatic carbocycles. The average Bonchev–Trinajstić information content (AvgIpc) is 3.31. The van der Waals surface area contributed by atoms with Gasteiger partial charge in [0.25, 0.3) is 0 Å². The summed E-state index contributed by atoms with van der Waals surface area (Å²) >= 11 is 0. The van der Waals surface area contributed by atoms with Gasteiger partial charge in [0.1, 0.15) is 24.4 Å². The fourth-order valence-electron chi connectivity index (χ4n) is 11.9. The van der Waals surface area contributed by atoms with Crippen molar-refractivity contribution in [3.05, 3.63) is 11.6 Å². The fraction of sp³-hybridized carbons (Fsp3) is 0.944. The minimum atomic E-state index is -1.44. The summed E-state index contributed by atoms with van der Waals surface area (Å²) in [5.74, 6) is 2.33. The zero-order chi connectivity index (χ0) is 31.7. The summed E-state index contributed by atoms with van der Waals surface area (Å²) in [6.45, 7) is 18.4. The Morgan fingerprint density at radius 1 is 0.884 bits per heavy atom. The molecule has 0 bridgehead atoms. The van der Waals surface area contributed by atoms with Crippen molar-refractivity contribution < 1.29 is 35.0 Å². The molecule has 0 amide bonds. The maximum atomic E-state index is 12.0. The van der Waals surface area contributed by atoms with Crippen LogP contribution in [0.3, 0.4) is 0 Å². The maximum absolute atomic E-state index is 12.0. The lowest BCUT2D eigenvalue weighted by atomic mass is 9.35. The lowest BCUT2D eigenvalue weighted by Gasteiger charge is -2.70. The van der Waals surface area contributed by atoms with Crippen LogP contribution in [-0.4, -0.2) is 75.1 Å². The second kappa shape index (κ2) is 11.9. The van der Waals surface area contributed by atoms with E-state index in [0.717, 1.165) is 38.5 Å². The third-order valence-electron chi connectivity index (χ3n) is 14.4. The summed E-state index contributed by atoms with van der Waals surface area (Å²) in [5.41, 5.74) is 1.49. The highest BCUT2D eigenvalue weighted by molar-refractivity contribution is 5.19. The summed E-state index contributed by atoms with van der Waals surface area (Å²) in [7, 11) is 0. The molecule has 5 N–H and O–H groups in total. The van der Waals surface area contributed by atoms with E-state index in [0.29, 0.717) is 29.6 Å². The summed E-state index contributed by atoms with van der Waals surface area (Å²) < 4.78 is 12.2. The van der Waals surface area contributed by atoms with Crippen molar-refractivity contribution in [2.24, 2.45) is 51.2 Å². The molecule has 43 heavy (non-hydrogen) atoms. The summed E-state index contributed by atoms with van der Waals surface area (Å²) in [6.07, 6.45) is 5.21. The molecule has 5 rings (SSSR count). The van der Waals surface area contributed by atoms with E-state index in [4.69, 9.17) is 9.47 Å². The lowest BCUT2D eigenvalue weighted by Crippen LogP contribution is -2.67. The first-order chi connectivity index (χ1) is 20.0. The SMILES string of the molecule is CC(C)=CCC[C@@H](C)[C@H]1CC[C@]2(C)[C@@H]1[C@H](O)C[C@@H]1[C@@]3(C)CC[C@H](O[C@H]4O[C@H](CO)[C@@H](O)[C@H](O)[C@H]4O)C(C)(C)[C@@H]3CC[C@]12C. The van der Waals surface area contributed by atoms with E-state index < -0.39 is 37.3 Å². The lowest BCUT2D eigenvalue weighted by molar-refractivity contribution is -0.331. The molecular formula is C36H62O7. The maximum Gasteiger partial charge on any atom is 0.186 e. The minimum Gasteiger partial charge on any atom is -0.394 e. The Hall–Kier alpha value is -0.540. The van der Waals surface area contributed by atoms with Crippen LogP contribution in [-0.2, 0) is 9.47 Å². The van der Waals surface area contributed by atoms with E-state index in [9.17, 15) is 25.5 Å². The number of aliphatic hydroxyl groups excluding tert-OH is 5. The third-order valence-corrected chi connectivity index (χ3v) is 14.4. The van der Waals surface area contributed by atoms with Gasteiger partial charge in [-0.1, -0.05) is 53.2 Å². The Labute approximate surface area is 260 Å². The molecule has 0 aromatic rings. The molecule has 1 aliphatic heterocycles. The van der Waals surface area contributed by atoms with Crippen molar-refractivity contribution in [3.8, 4) is 0 Å². The number of fused-ring (bicyclic) bond motifs is 5. The van der Waals surface area contributed by atoms with Crippen LogP contribution in [0, 0.1) is 51.2 Å². The van der Waals surface area contributed by atoms with Gasteiger partial charge in [0.05, 0.1) is 18.8 Å². The number of hydrogen-bond donors (Lipinski definition) is 5. The van der Waals surface area contributed by atoms with Crippen LogP contribution in [0.15, 0.2) is 11.6 Å². The first-order valence-corrected chi connectivity index (χ1v) is 17.3. The van der Waals surface area contributed by atoms with Gasteiger partial charge in [0.2, 0.25) is 0 Å². The van der Waals surface area contributed by atoms with Gasteiger partial charge in [-0.3, -0.25) is 0 Å². The van der Waals surface area contributed by atoms with Gasteiger partial charge in [-0.2, -0.15) is 0 Å². The van der Waals surface area contributed by atoms with Crippen LogP contribution < -0.4 is 0 Å². The Bertz CT molecular complexity index is 1020.